The van der Waals surface area contributed by atoms with Crippen molar-refractivity contribution >= 4 is 5.91 Å². The van der Waals surface area contributed by atoms with E-state index in [0.29, 0.717) is 0 Å². The summed E-state index contributed by atoms with van der Waals surface area (Å²) in [4.78, 5) is 14.6. The Morgan fingerprint density at radius 2 is 2.10 bits per heavy atom. The molecule has 1 saturated heterocycles. The van der Waals surface area contributed by atoms with E-state index >= 15 is 0 Å². The molecular formula is C16H28N4O. The van der Waals surface area contributed by atoms with E-state index in [2.05, 4.69) is 10.4 Å². The van der Waals surface area contributed by atoms with Crippen LogP contribution in [0.15, 0.2) is 6.07 Å². The Hall–Kier alpha value is -1.36. The molecule has 0 spiro atoms. The minimum absolute atomic E-state index is 0.201. The number of piperidine rings is 1. The molecule has 0 aromatic carbocycles. The molecule has 1 aliphatic heterocycles. The highest BCUT2D eigenvalue weighted by atomic mass is 16.2. The van der Waals surface area contributed by atoms with Gasteiger partial charge in [-0.1, -0.05) is 0 Å². The van der Waals surface area contributed by atoms with Gasteiger partial charge in [-0.15, -0.1) is 0 Å². The number of nitrogens with one attached hydrogen (secondary N) is 1. The van der Waals surface area contributed by atoms with Gasteiger partial charge in [0.25, 0.3) is 0 Å². The molecule has 118 valence electrons. The molecule has 1 fully saturated rings. The van der Waals surface area contributed by atoms with Crippen LogP contribution in [0.3, 0.4) is 0 Å². The lowest BCUT2D eigenvalue weighted by atomic mass is 9.93. The van der Waals surface area contributed by atoms with Gasteiger partial charge in [-0.2, -0.15) is 5.10 Å². The Morgan fingerprint density at radius 3 is 2.62 bits per heavy atom. The highest BCUT2D eigenvalue weighted by Gasteiger charge is 2.27. The first kappa shape index (κ1) is 16.0. The lowest BCUT2D eigenvalue weighted by Crippen LogP contribution is -2.42. The van der Waals surface area contributed by atoms with E-state index in [4.69, 9.17) is 0 Å². The molecule has 2 heterocycles. The molecule has 0 bridgehead atoms. The highest BCUT2D eigenvalue weighted by molar-refractivity contribution is 5.80. The van der Waals surface area contributed by atoms with E-state index < -0.39 is 0 Å². The number of aryl methyl sites for hydroxylation is 2. The number of likely N-dealkylation sites (tertiary alicyclic amines) is 1. The number of hydrogen-bond acceptors (Lipinski definition) is 3. The summed E-state index contributed by atoms with van der Waals surface area (Å²) in [6.45, 7) is 8.77. The van der Waals surface area contributed by atoms with Gasteiger partial charge in [-0.05, 0) is 65.6 Å². The zero-order chi connectivity index (χ0) is 15.4. The second-order valence-electron chi connectivity index (χ2n) is 6.21. The van der Waals surface area contributed by atoms with Crippen molar-refractivity contribution in [2.45, 2.75) is 46.1 Å². The Balaban J connectivity index is 1.91. The number of carbonyl (C=O) groups excluding carboxylic acids is 1. The van der Waals surface area contributed by atoms with Crippen molar-refractivity contribution in [3.63, 3.8) is 0 Å². The van der Waals surface area contributed by atoms with Gasteiger partial charge in [0.15, 0.2) is 0 Å². The lowest BCUT2D eigenvalue weighted by molar-refractivity contribution is -0.136. The molecule has 1 unspecified atom stereocenters. The summed E-state index contributed by atoms with van der Waals surface area (Å²) in [6.07, 6.45) is 3.46. The first-order valence-electron chi connectivity index (χ1n) is 7.99. The summed E-state index contributed by atoms with van der Waals surface area (Å²) in [6, 6.07) is 1.82. The van der Waals surface area contributed by atoms with E-state index in [-0.39, 0.29) is 11.9 Å². The molecule has 5 nitrogen and oxygen atoms in total. The van der Waals surface area contributed by atoms with Crippen molar-refractivity contribution in [3.8, 4) is 0 Å². The van der Waals surface area contributed by atoms with E-state index in [1.54, 1.807) is 0 Å². The summed E-state index contributed by atoms with van der Waals surface area (Å²) >= 11 is 0. The van der Waals surface area contributed by atoms with E-state index in [1.165, 1.54) is 6.42 Å². The molecule has 1 aliphatic rings. The maximum Gasteiger partial charge on any atom is 0.247 e. The molecule has 1 atom stereocenters. The standard InChI is InChI=1S/C16H28N4O/c1-12-11-13(2)20(18-12)14(3)16(21)19-9-6-15(7-10-19)5-8-17-4/h11,14-15,17H,5-10H2,1-4H3. The average molecular weight is 292 g/mol. The van der Waals surface area contributed by atoms with Crippen LogP contribution in [-0.2, 0) is 4.79 Å². The summed E-state index contributed by atoms with van der Waals surface area (Å²) in [7, 11) is 1.99. The van der Waals surface area contributed by atoms with Crippen LogP contribution < -0.4 is 5.32 Å². The zero-order valence-electron chi connectivity index (χ0n) is 13.7. The fourth-order valence-corrected chi connectivity index (χ4v) is 3.20. The zero-order valence-corrected chi connectivity index (χ0v) is 13.7. The van der Waals surface area contributed by atoms with Crippen LogP contribution in [0.4, 0.5) is 0 Å². The molecule has 0 radical (unpaired) electrons. The van der Waals surface area contributed by atoms with Gasteiger partial charge in [0.2, 0.25) is 5.91 Å². The molecular weight excluding hydrogens is 264 g/mol. The highest BCUT2D eigenvalue weighted by Crippen LogP contribution is 2.22. The third-order valence-corrected chi connectivity index (χ3v) is 4.50. The number of carbonyl (C=O) groups is 1. The minimum Gasteiger partial charge on any atom is -0.341 e. The molecule has 1 aromatic rings. The largest absolute Gasteiger partial charge is 0.341 e. The molecule has 0 saturated carbocycles. The third kappa shape index (κ3) is 3.84. The van der Waals surface area contributed by atoms with E-state index in [0.717, 1.165) is 49.8 Å². The van der Waals surface area contributed by atoms with Crippen LogP contribution in [0, 0.1) is 19.8 Å². The maximum absolute atomic E-state index is 12.6. The smallest absolute Gasteiger partial charge is 0.247 e. The predicted octanol–water partition coefficient (Wildman–Crippen LogP) is 1.91. The van der Waals surface area contributed by atoms with Gasteiger partial charge < -0.3 is 10.2 Å². The van der Waals surface area contributed by atoms with Gasteiger partial charge in [0, 0.05) is 18.8 Å². The Morgan fingerprint density at radius 1 is 1.43 bits per heavy atom. The van der Waals surface area contributed by atoms with Crippen molar-refractivity contribution < 1.29 is 4.79 Å². The SMILES string of the molecule is CNCCC1CCN(C(=O)C(C)n2nc(C)cc2C)CC1. The van der Waals surface area contributed by atoms with Crippen LogP contribution in [0.25, 0.3) is 0 Å². The molecule has 21 heavy (non-hydrogen) atoms. The molecule has 5 heteroatoms. The van der Waals surface area contributed by atoms with Crippen LogP contribution >= 0.6 is 0 Å². The van der Waals surface area contributed by atoms with Crippen molar-refractivity contribution in [1.29, 1.82) is 0 Å². The number of hydrogen-bond donors (Lipinski definition) is 1. The van der Waals surface area contributed by atoms with Crippen molar-refractivity contribution in [2.75, 3.05) is 26.7 Å². The first-order chi connectivity index (χ1) is 10.0. The molecule has 1 N–H and O–H groups in total. The third-order valence-electron chi connectivity index (χ3n) is 4.50. The quantitative estimate of drug-likeness (QED) is 0.902. The summed E-state index contributed by atoms with van der Waals surface area (Å²) < 4.78 is 1.85. The molecule has 1 amide bonds. The van der Waals surface area contributed by atoms with Crippen LogP contribution in [-0.4, -0.2) is 47.3 Å². The summed E-state index contributed by atoms with van der Waals surface area (Å²) in [5.74, 6) is 0.957. The Bertz CT molecular complexity index is 475. The number of nitrogens with zero attached hydrogens (tertiary/aromatic N) is 3. The number of rotatable bonds is 5. The second-order valence-corrected chi connectivity index (χ2v) is 6.21. The maximum atomic E-state index is 12.6. The normalized spacial score (nSPS) is 18.0. The molecule has 0 aliphatic carbocycles. The Kier molecular flexibility index (Phi) is 5.39. The van der Waals surface area contributed by atoms with Gasteiger partial charge in [0.1, 0.15) is 6.04 Å². The summed E-state index contributed by atoms with van der Waals surface area (Å²) in [5.41, 5.74) is 2.02. The van der Waals surface area contributed by atoms with Crippen molar-refractivity contribution in [1.82, 2.24) is 20.0 Å². The van der Waals surface area contributed by atoms with Crippen molar-refractivity contribution in [2.24, 2.45) is 5.92 Å². The number of aromatic nitrogens is 2. The van der Waals surface area contributed by atoms with E-state index in [1.807, 2.05) is 43.5 Å². The van der Waals surface area contributed by atoms with Crippen LogP contribution in [0.1, 0.15) is 43.6 Å². The number of amides is 1. The van der Waals surface area contributed by atoms with E-state index in [9.17, 15) is 4.79 Å². The molecule has 1 aromatic heterocycles. The predicted molar refractivity (Wildman–Crippen MR) is 84.3 cm³/mol. The van der Waals surface area contributed by atoms with Crippen LogP contribution in [0.5, 0.6) is 0 Å². The first-order valence-corrected chi connectivity index (χ1v) is 7.99. The Labute approximate surface area is 127 Å². The minimum atomic E-state index is -0.201. The fraction of sp³-hybridized carbons (Fsp3) is 0.750. The van der Waals surface area contributed by atoms with Crippen LogP contribution in [0.2, 0.25) is 0 Å². The molecule has 2 rings (SSSR count). The second kappa shape index (κ2) is 7.07. The summed E-state index contributed by atoms with van der Waals surface area (Å²) in [5, 5.41) is 7.65. The average Bonchev–Trinajstić information content (AvgIpc) is 2.83. The van der Waals surface area contributed by atoms with Gasteiger partial charge in [-0.25, -0.2) is 0 Å². The van der Waals surface area contributed by atoms with Crippen molar-refractivity contribution in [3.05, 3.63) is 17.5 Å². The van der Waals surface area contributed by atoms with Gasteiger partial charge in [0.05, 0.1) is 5.69 Å². The van der Waals surface area contributed by atoms with Gasteiger partial charge in [-0.3, -0.25) is 9.48 Å². The topological polar surface area (TPSA) is 50.2 Å². The monoisotopic (exact) mass is 292 g/mol. The lowest BCUT2D eigenvalue weighted by Gasteiger charge is -2.33. The fourth-order valence-electron chi connectivity index (χ4n) is 3.20. The van der Waals surface area contributed by atoms with Gasteiger partial charge >= 0.3 is 0 Å².